The second-order valence-corrected chi connectivity index (χ2v) is 5.41. The van der Waals surface area contributed by atoms with Crippen LogP contribution >= 0.6 is 0 Å². The number of hydrogen-bond donors (Lipinski definition) is 2. The summed E-state index contributed by atoms with van der Waals surface area (Å²) in [6.45, 7) is 0.702. The first kappa shape index (κ1) is 19.2. The molecule has 0 aliphatic carbocycles. The van der Waals surface area contributed by atoms with E-state index < -0.39 is 29.3 Å². The average molecular weight is 369 g/mol. The van der Waals surface area contributed by atoms with Crippen LogP contribution < -0.4 is 10.9 Å². The van der Waals surface area contributed by atoms with Gasteiger partial charge in [-0.05, 0) is 30.3 Å². The van der Waals surface area contributed by atoms with Gasteiger partial charge >= 0.3 is 6.18 Å². The first-order valence-electron chi connectivity index (χ1n) is 7.18. The number of carbonyl (C=O) groups is 1. The molecule has 9 heteroatoms. The van der Waals surface area contributed by atoms with Crippen molar-refractivity contribution in [2.45, 2.75) is 19.0 Å². The Kier molecular flexibility index (Phi) is 5.16. The predicted octanol–water partition coefficient (Wildman–Crippen LogP) is 4.45. The van der Waals surface area contributed by atoms with Crippen LogP contribution in [-0.2, 0) is 12.1 Å². The number of halogens is 5. The molecule has 2 N–H and O–H groups in total. The molecule has 0 aromatic heterocycles. The van der Waals surface area contributed by atoms with Crippen LogP contribution in [0.4, 0.5) is 27.6 Å². The van der Waals surface area contributed by atoms with Crippen LogP contribution in [0.5, 0.6) is 0 Å². The highest BCUT2D eigenvalue weighted by molar-refractivity contribution is 5.95. The van der Waals surface area contributed by atoms with Gasteiger partial charge in [-0.2, -0.15) is 18.4 Å². The molecule has 0 aliphatic rings. The smallest absolute Gasteiger partial charge is 0.298 e. The lowest BCUT2D eigenvalue weighted by atomic mass is 10.1. The quantitative estimate of drug-likeness (QED) is 0.618. The molecule has 4 nitrogen and oxygen atoms in total. The summed E-state index contributed by atoms with van der Waals surface area (Å²) in [5, 5.41) is 8.70. The number of nitrogens with one attached hydrogen (secondary N) is 2. The van der Waals surface area contributed by atoms with Crippen molar-refractivity contribution in [3.63, 3.8) is 0 Å². The Morgan fingerprint density at radius 2 is 1.65 bits per heavy atom. The Morgan fingerprint density at radius 1 is 1.04 bits per heavy atom. The van der Waals surface area contributed by atoms with Crippen molar-refractivity contribution < 1.29 is 26.7 Å². The second-order valence-electron chi connectivity index (χ2n) is 5.41. The largest absolute Gasteiger partial charge is 0.418 e. The summed E-state index contributed by atoms with van der Waals surface area (Å²) in [5.74, 6) is -3.88. The van der Waals surface area contributed by atoms with Crippen molar-refractivity contribution in [2.24, 2.45) is 0 Å². The summed E-state index contributed by atoms with van der Waals surface area (Å²) in [6.07, 6.45) is -4.74. The van der Waals surface area contributed by atoms with Crippen molar-refractivity contribution in [2.75, 3.05) is 5.43 Å². The monoisotopic (exact) mass is 369 g/mol. The van der Waals surface area contributed by atoms with Crippen LogP contribution in [0.1, 0.15) is 34.0 Å². The maximum absolute atomic E-state index is 13.1. The topological polar surface area (TPSA) is 64.9 Å². The Hall–Kier alpha value is -3.15. The minimum Gasteiger partial charge on any atom is -0.298 e. The van der Waals surface area contributed by atoms with E-state index in [9.17, 15) is 26.7 Å². The van der Waals surface area contributed by atoms with Gasteiger partial charge in [-0.1, -0.05) is 12.1 Å². The van der Waals surface area contributed by atoms with Gasteiger partial charge in [0.15, 0.2) is 0 Å². The summed E-state index contributed by atoms with van der Waals surface area (Å²) < 4.78 is 65.4. The Labute approximate surface area is 145 Å². The van der Waals surface area contributed by atoms with Gasteiger partial charge < -0.3 is 0 Å². The maximum Gasteiger partial charge on any atom is 0.418 e. The lowest BCUT2D eigenvalue weighted by Gasteiger charge is -2.16. The second kappa shape index (κ2) is 7.00. The van der Waals surface area contributed by atoms with E-state index in [1.165, 1.54) is 0 Å². The fourth-order valence-electron chi connectivity index (χ4n) is 2.07. The van der Waals surface area contributed by atoms with Crippen LogP contribution in [0.25, 0.3) is 0 Å². The summed E-state index contributed by atoms with van der Waals surface area (Å²) in [7, 11) is 0. The zero-order valence-corrected chi connectivity index (χ0v) is 13.3. The molecule has 0 saturated heterocycles. The molecule has 0 aliphatic heterocycles. The number of nitrogens with zero attached hydrogens (tertiary/aromatic N) is 1. The van der Waals surface area contributed by atoms with E-state index in [0.717, 1.165) is 36.4 Å². The molecule has 0 saturated carbocycles. The number of nitriles is 1. The summed E-state index contributed by atoms with van der Waals surface area (Å²) in [5.41, 5.74) is 2.11. The third kappa shape index (κ3) is 4.47. The van der Waals surface area contributed by atoms with Crippen molar-refractivity contribution in [1.82, 2.24) is 5.43 Å². The van der Waals surface area contributed by atoms with Gasteiger partial charge in [0.05, 0.1) is 22.9 Å². The SMILES string of the molecule is CC(F)(F)c1ccc(C(=O)NNc2ccc(C#N)cc2C(F)(F)F)cc1. The van der Waals surface area contributed by atoms with Crippen LogP contribution in [0, 0.1) is 11.3 Å². The van der Waals surface area contributed by atoms with Gasteiger partial charge in [0, 0.05) is 18.1 Å². The van der Waals surface area contributed by atoms with Crippen molar-refractivity contribution in [3.8, 4) is 6.07 Å². The van der Waals surface area contributed by atoms with E-state index in [2.05, 4.69) is 10.9 Å². The molecular formula is C17H12F5N3O. The molecule has 0 bridgehead atoms. The zero-order valence-electron chi connectivity index (χ0n) is 13.3. The molecule has 1 amide bonds. The van der Waals surface area contributed by atoms with Crippen molar-refractivity contribution in [3.05, 3.63) is 64.7 Å². The highest BCUT2D eigenvalue weighted by atomic mass is 19.4. The van der Waals surface area contributed by atoms with Crippen molar-refractivity contribution in [1.29, 1.82) is 5.26 Å². The normalized spacial score (nSPS) is 11.6. The lowest BCUT2D eigenvalue weighted by molar-refractivity contribution is -0.137. The van der Waals surface area contributed by atoms with Gasteiger partial charge in [-0.25, -0.2) is 8.78 Å². The number of carbonyl (C=O) groups excluding carboxylic acids is 1. The van der Waals surface area contributed by atoms with Crippen molar-refractivity contribution >= 4 is 11.6 Å². The third-order valence-electron chi connectivity index (χ3n) is 3.42. The lowest BCUT2D eigenvalue weighted by Crippen LogP contribution is -2.30. The molecular weight excluding hydrogens is 357 g/mol. The molecule has 0 unspecified atom stereocenters. The standard InChI is InChI=1S/C17H12F5N3O/c1-16(18,19)12-5-3-11(4-6-12)15(26)25-24-14-7-2-10(9-23)8-13(14)17(20,21)22/h2-8,24H,1H3,(H,25,26). The third-order valence-corrected chi connectivity index (χ3v) is 3.42. The fraction of sp³-hybridized carbons (Fsp3) is 0.176. The highest BCUT2D eigenvalue weighted by Gasteiger charge is 2.34. The zero-order chi connectivity index (χ0) is 19.5. The fourth-order valence-corrected chi connectivity index (χ4v) is 2.07. The molecule has 2 aromatic rings. The van der Waals surface area contributed by atoms with Gasteiger partial charge in [0.1, 0.15) is 0 Å². The minimum atomic E-state index is -4.74. The maximum atomic E-state index is 13.1. The molecule has 0 radical (unpaired) electrons. The van der Waals surface area contributed by atoms with E-state index in [1.807, 2.05) is 0 Å². The van der Waals surface area contributed by atoms with Crippen LogP contribution in [0.3, 0.4) is 0 Å². The number of amides is 1. The van der Waals surface area contributed by atoms with Gasteiger partial charge in [-0.15, -0.1) is 0 Å². The molecule has 0 heterocycles. The number of anilines is 1. The Balaban J connectivity index is 2.16. The highest BCUT2D eigenvalue weighted by Crippen LogP contribution is 2.35. The van der Waals surface area contributed by atoms with Crippen LogP contribution in [0.15, 0.2) is 42.5 Å². The number of rotatable bonds is 4. The Bertz CT molecular complexity index is 849. The number of alkyl halides is 5. The van der Waals surface area contributed by atoms with Gasteiger partial charge in [0.2, 0.25) is 0 Å². The molecule has 2 aromatic carbocycles. The summed E-state index contributed by atoms with van der Waals surface area (Å²) in [6, 6.07) is 8.77. The molecule has 26 heavy (non-hydrogen) atoms. The average Bonchev–Trinajstić information content (AvgIpc) is 2.58. The number of hydrazine groups is 1. The molecule has 0 spiro atoms. The van der Waals surface area contributed by atoms with Crippen LogP contribution in [-0.4, -0.2) is 5.91 Å². The van der Waals surface area contributed by atoms with E-state index in [4.69, 9.17) is 5.26 Å². The molecule has 0 atom stereocenters. The summed E-state index contributed by atoms with van der Waals surface area (Å²) >= 11 is 0. The van der Waals surface area contributed by atoms with E-state index >= 15 is 0 Å². The predicted molar refractivity (Wildman–Crippen MR) is 83.3 cm³/mol. The van der Waals surface area contributed by atoms with E-state index in [0.29, 0.717) is 13.0 Å². The molecule has 2 rings (SSSR count). The van der Waals surface area contributed by atoms with E-state index in [-0.39, 0.29) is 16.7 Å². The van der Waals surface area contributed by atoms with Gasteiger partial charge in [0.25, 0.3) is 11.8 Å². The number of hydrogen-bond acceptors (Lipinski definition) is 3. The first-order chi connectivity index (χ1) is 12.0. The van der Waals surface area contributed by atoms with E-state index in [1.54, 1.807) is 6.07 Å². The molecule has 136 valence electrons. The number of benzene rings is 2. The molecule has 0 fully saturated rings. The summed E-state index contributed by atoms with van der Waals surface area (Å²) in [4.78, 5) is 12.0. The Morgan fingerprint density at radius 3 is 2.15 bits per heavy atom. The van der Waals surface area contributed by atoms with Gasteiger partial charge in [-0.3, -0.25) is 15.6 Å². The minimum absolute atomic E-state index is 0.0206. The first-order valence-corrected chi connectivity index (χ1v) is 7.18. The van der Waals surface area contributed by atoms with Crippen LogP contribution in [0.2, 0.25) is 0 Å².